The Balaban J connectivity index is 0. The van der Waals surface area contributed by atoms with Gasteiger partial charge in [0.25, 0.3) is 0 Å². The summed E-state index contributed by atoms with van der Waals surface area (Å²) < 4.78 is 0. The van der Waals surface area contributed by atoms with Crippen molar-refractivity contribution < 1.29 is 0 Å². The van der Waals surface area contributed by atoms with Gasteiger partial charge >= 0.3 is 0 Å². The minimum atomic E-state index is 0. The molecule has 0 aliphatic carbocycles. The Kier molecular flexibility index (Phi) is 15.4. The lowest BCUT2D eigenvalue weighted by Crippen LogP contribution is -1.78. The number of unbranched alkanes of at least 4 members (excludes halogenated alkanes) is 5. The maximum absolute atomic E-state index is 5.51. The van der Waals surface area contributed by atoms with Gasteiger partial charge in [0.1, 0.15) is 0 Å². The van der Waals surface area contributed by atoms with Gasteiger partial charge in [-0.05, 0) is 6.42 Å². The summed E-state index contributed by atoms with van der Waals surface area (Å²) >= 11 is 5.51. The highest BCUT2D eigenvalue weighted by molar-refractivity contribution is 6.17. The Labute approximate surface area is 69.7 Å². The molecular weight excluding hydrogens is 146 g/mol. The Hall–Kier alpha value is 0.250. The molecule has 0 fully saturated rings. The van der Waals surface area contributed by atoms with Crippen LogP contribution in [0.5, 0.6) is 0 Å². The third kappa shape index (κ3) is 11.1. The average molecular weight is 166 g/mol. The number of alkyl halides is 1. The van der Waals surface area contributed by atoms with E-state index >= 15 is 0 Å². The van der Waals surface area contributed by atoms with Crippen molar-refractivity contribution in [3.8, 4) is 0 Å². The Morgan fingerprint density at radius 1 is 0.900 bits per heavy atom. The van der Waals surface area contributed by atoms with Crippen LogP contribution in [-0.2, 0) is 0 Å². The normalized spacial score (nSPS) is 9.00. The minimum Gasteiger partial charge on any atom is -0.344 e. The summed E-state index contributed by atoms with van der Waals surface area (Å²) in [6.07, 6.45) is 8.02. The topological polar surface area (TPSA) is 35.0 Å². The maximum Gasteiger partial charge on any atom is 0.0223 e. The van der Waals surface area contributed by atoms with E-state index in [4.69, 9.17) is 11.6 Å². The quantitative estimate of drug-likeness (QED) is 0.472. The Morgan fingerprint density at radius 2 is 1.40 bits per heavy atom. The highest BCUT2D eigenvalue weighted by Gasteiger charge is 1.86. The summed E-state index contributed by atoms with van der Waals surface area (Å²) in [4.78, 5) is 0. The second-order valence-electron chi connectivity index (χ2n) is 2.46. The molecule has 0 heterocycles. The van der Waals surface area contributed by atoms with Crippen LogP contribution in [0, 0.1) is 0 Å². The Bertz CT molecular complexity index is 42.5. The summed E-state index contributed by atoms with van der Waals surface area (Å²) in [5.74, 6) is 0.839. The molecule has 1 nitrogen and oxygen atoms in total. The molecule has 0 aromatic carbocycles. The first kappa shape index (κ1) is 12.9. The fourth-order valence-corrected chi connectivity index (χ4v) is 1.06. The molecule has 0 saturated heterocycles. The van der Waals surface area contributed by atoms with Gasteiger partial charge in [-0.3, -0.25) is 0 Å². The third-order valence-corrected chi connectivity index (χ3v) is 1.75. The molecule has 0 unspecified atom stereocenters. The van der Waals surface area contributed by atoms with Crippen LogP contribution in [0.3, 0.4) is 0 Å². The number of hydrogen-bond acceptors (Lipinski definition) is 1. The van der Waals surface area contributed by atoms with E-state index in [2.05, 4.69) is 6.92 Å². The van der Waals surface area contributed by atoms with Crippen LogP contribution in [0.25, 0.3) is 0 Å². The first-order chi connectivity index (χ1) is 4.41. The van der Waals surface area contributed by atoms with Crippen molar-refractivity contribution in [1.29, 1.82) is 0 Å². The first-order valence-electron chi connectivity index (χ1n) is 3.97. The van der Waals surface area contributed by atoms with Crippen molar-refractivity contribution in [3.05, 3.63) is 0 Å². The predicted molar refractivity (Wildman–Crippen MR) is 49.1 cm³/mol. The summed E-state index contributed by atoms with van der Waals surface area (Å²) in [6.45, 7) is 2.24. The van der Waals surface area contributed by atoms with Gasteiger partial charge in [-0.15, -0.1) is 11.6 Å². The molecule has 0 radical (unpaired) electrons. The van der Waals surface area contributed by atoms with Crippen molar-refractivity contribution in [1.82, 2.24) is 6.15 Å². The third-order valence-electron chi connectivity index (χ3n) is 1.49. The number of halogens is 1. The van der Waals surface area contributed by atoms with Crippen LogP contribution in [0.2, 0.25) is 0 Å². The van der Waals surface area contributed by atoms with Gasteiger partial charge in [0, 0.05) is 5.88 Å². The molecule has 64 valence electrons. The average Bonchev–Trinajstić information content (AvgIpc) is 1.89. The first-order valence-corrected chi connectivity index (χ1v) is 4.51. The fourth-order valence-electron chi connectivity index (χ4n) is 0.875. The molecule has 10 heavy (non-hydrogen) atoms. The van der Waals surface area contributed by atoms with E-state index in [1.165, 1.54) is 38.5 Å². The molecule has 0 bridgehead atoms. The van der Waals surface area contributed by atoms with Crippen molar-refractivity contribution >= 4 is 11.6 Å². The molecule has 2 heteroatoms. The van der Waals surface area contributed by atoms with Gasteiger partial charge in [-0.1, -0.05) is 39.0 Å². The smallest absolute Gasteiger partial charge is 0.0223 e. The Morgan fingerprint density at radius 3 is 1.90 bits per heavy atom. The number of rotatable bonds is 6. The molecule has 0 rings (SSSR count). The standard InChI is InChI=1S/C8H17Cl.H3N/c1-2-3-4-5-6-7-8-9;/h2-8H2,1H3;1H3. The van der Waals surface area contributed by atoms with Crippen molar-refractivity contribution in [2.24, 2.45) is 0 Å². The number of hydrogen-bond donors (Lipinski definition) is 1. The second-order valence-corrected chi connectivity index (χ2v) is 2.83. The largest absolute Gasteiger partial charge is 0.344 e. The van der Waals surface area contributed by atoms with E-state index in [0.717, 1.165) is 5.88 Å². The van der Waals surface area contributed by atoms with E-state index < -0.39 is 0 Å². The van der Waals surface area contributed by atoms with Crippen LogP contribution in [-0.4, -0.2) is 5.88 Å². The predicted octanol–water partition coefficient (Wildman–Crippen LogP) is 3.75. The lowest BCUT2D eigenvalue weighted by atomic mass is 10.1. The summed E-state index contributed by atoms with van der Waals surface area (Å²) in [6, 6.07) is 0. The van der Waals surface area contributed by atoms with Crippen molar-refractivity contribution in [3.63, 3.8) is 0 Å². The van der Waals surface area contributed by atoms with Gasteiger partial charge in [0.2, 0.25) is 0 Å². The summed E-state index contributed by atoms with van der Waals surface area (Å²) in [7, 11) is 0. The van der Waals surface area contributed by atoms with Crippen LogP contribution >= 0.6 is 11.6 Å². The molecular formula is C8H20ClN. The van der Waals surface area contributed by atoms with E-state index in [1.807, 2.05) is 0 Å². The van der Waals surface area contributed by atoms with E-state index in [-0.39, 0.29) is 6.15 Å². The SMILES string of the molecule is CCCCCCCCCl.N. The molecule has 0 saturated carbocycles. The lowest BCUT2D eigenvalue weighted by Gasteiger charge is -1.95. The van der Waals surface area contributed by atoms with E-state index in [9.17, 15) is 0 Å². The monoisotopic (exact) mass is 165 g/mol. The zero-order valence-electron chi connectivity index (χ0n) is 7.03. The van der Waals surface area contributed by atoms with Crippen LogP contribution in [0.1, 0.15) is 45.4 Å². The molecule has 0 aliphatic rings. The van der Waals surface area contributed by atoms with Gasteiger partial charge in [-0.2, -0.15) is 0 Å². The summed E-state index contributed by atoms with van der Waals surface area (Å²) in [5.41, 5.74) is 0. The van der Waals surface area contributed by atoms with E-state index in [1.54, 1.807) is 0 Å². The van der Waals surface area contributed by atoms with Crippen molar-refractivity contribution in [2.45, 2.75) is 45.4 Å². The molecule has 3 N–H and O–H groups in total. The van der Waals surface area contributed by atoms with Gasteiger partial charge in [0.05, 0.1) is 0 Å². The van der Waals surface area contributed by atoms with Gasteiger partial charge in [-0.25, -0.2) is 0 Å². The van der Waals surface area contributed by atoms with Crippen LogP contribution < -0.4 is 6.15 Å². The molecule has 0 amide bonds. The highest BCUT2D eigenvalue weighted by Crippen LogP contribution is 2.04. The molecule has 0 spiro atoms. The molecule has 0 aromatic rings. The minimum absolute atomic E-state index is 0. The lowest BCUT2D eigenvalue weighted by molar-refractivity contribution is 0.626. The fraction of sp³-hybridized carbons (Fsp3) is 1.00. The van der Waals surface area contributed by atoms with Gasteiger partial charge in [0.15, 0.2) is 0 Å². The van der Waals surface area contributed by atoms with E-state index in [0.29, 0.717) is 0 Å². The zero-order chi connectivity index (χ0) is 6.95. The van der Waals surface area contributed by atoms with Crippen LogP contribution in [0.4, 0.5) is 0 Å². The highest BCUT2D eigenvalue weighted by atomic mass is 35.5. The second kappa shape index (κ2) is 12.0. The maximum atomic E-state index is 5.51. The molecule has 0 aliphatic heterocycles. The van der Waals surface area contributed by atoms with Crippen molar-refractivity contribution in [2.75, 3.05) is 5.88 Å². The zero-order valence-corrected chi connectivity index (χ0v) is 7.79. The molecule has 0 atom stereocenters. The molecule has 0 aromatic heterocycles. The van der Waals surface area contributed by atoms with Crippen LogP contribution in [0.15, 0.2) is 0 Å². The van der Waals surface area contributed by atoms with Gasteiger partial charge < -0.3 is 6.15 Å². The summed E-state index contributed by atoms with van der Waals surface area (Å²) in [5, 5.41) is 0.